The number of likely N-dealkylation sites (N-methyl/N-ethyl adjacent to an activating group) is 1. The standard InChI is InChI=1S/C39H43N5O5S/c1-27-20-34-36(42(3)39(27)45)21-30(43-17-16-32(25-43)49-26-29-8-6-5-7-9-29)22-37(34)44-19-18-41(2)35-15-14-33(23-38(35)44)50(46,47)40-24-28-10-12-31(48-4)13-11-28/h5-15,20-23,32,40H,16-19,24-26H2,1-4H3/t32-/m1/s1. The predicted octanol–water partition coefficient (Wildman–Crippen LogP) is 5.72. The van der Waals surface area contributed by atoms with Crippen LogP contribution in [0, 0.1) is 6.92 Å². The van der Waals surface area contributed by atoms with Crippen molar-refractivity contribution in [1.82, 2.24) is 9.29 Å². The lowest BCUT2D eigenvalue weighted by atomic mass is 10.1. The van der Waals surface area contributed by atoms with Gasteiger partial charge in [0.05, 0.1) is 47.3 Å². The van der Waals surface area contributed by atoms with Gasteiger partial charge < -0.3 is 28.7 Å². The molecule has 2 aliphatic rings. The summed E-state index contributed by atoms with van der Waals surface area (Å²) in [6, 6.07) is 29.1. The second-order valence-corrected chi connectivity index (χ2v) is 14.9. The van der Waals surface area contributed by atoms with Crippen LogP contribution in [0.15, 0.2) is 101 Å². The smallest absolute Gasteiger partial charge is 0.253 e. The van der Waals surface area contributed by atoms with E-state index in [1.165, 1.54) is 0 Å². The van der Waals surface area contributed by atoms with Gasteiger partial charge in [-0.3, -0.25) is 4.79 Å². The molecule has 260 valence electrons. The molecule has 11 heteroatoms. The fourth-order valence-electron chi connectivity index (χ4n) is 6.93. The number of anilines is 4. The molecule has 0 bridgehead atoms. The number of benzene rings is 4. The minimum Gasteiger partial charge on any atom is -0.497 e. The lowest BCUT2D eigenvalue weighted by molar-refractivity contribution is 0.0553. The van der Waals surface area contributed by atoms with Crippen molar-refractivity contribution in [3.63, 3.8) is 0 Å². The van der Waals surface area contributed by atoms with Crippen molar-refractivity contribution >= 4 is 43.7 Å². The number of fused-ring (bicyclic) bond motifs is 2. The molecule has 1 N–H and O–H groups in total. The lowest BCUT2D eigenvalue weighted by Crippen LogP contribution is -2.37. The van der Waals surface area contributed by atoms with Gasteiger partial charge in [0.1, 0.15) is 5.75 Å². The van der Waals surface area contributed by atoms with E-state index in [2.05, 4.69) is 43.7 Å². The Hall–Kier alpha value is -4.84. The van der Waals surface area contributed by atoms with Gasteiger partial charge in [-0.25, -0.2) is 13.1 Å². The number of hydrogen-bond donors (Lipinski definition) is 1. The highest BCUT2D eigenvalue weighted by Crippen LogP contribution is 2.43. The van der Waals surface area contributed by atoms with Crippen LogP contribution in [0.5, 0.6) is 5.75 Å². The fourth-order valence-corrected chi connectivity index (χ4v) is 7.97. The first kappa shape index (κ1) is 33.6. The average Bonchev–Trinajstić information content (AvgIpc) is 3.62. The molecule has 1 atom stereocenters. The summed E-state index contributed by atoms with van der Waals surface area (Å²) in [5, 5.41) is 0.936. The summed E-state index contributed by atoms with van der Waals surface area (Å²) in [5.74, 6) is 0.711. The van der Waals surface area contributed by atoms with Gasteiger partial charge >= 0.3 is 0 Å². The quantitative estimate of drug-likeness (QED) is 0.199. The van der Waals surface area contributed by atoms with Crippen LogP contribution in [0.25, 0.3) is 10.9 Å². The monoisotopic (exact) mass is 693 g/mol. The molecular formula is C39H43N5O5S. The molecule has 0 unspecified atom stereocenters. The normalized spacial score (nSPS) is 16.2. The molecule has 7 rings (SSSR count). The van der Waals surface area contributed by atoms with Crippen LogP contribution in [0.1, 0.15) is 23.1 Å². The maximum atomic E-state index is 13.7. The Morgan fingerprint density at radius 3 is 2.38 bits per heavy atom. The van der Waals surface area contributed by atoms with Crippen molar-refractivity contribution in [1.29, 1.82) is 0 Å². The van der Waals surface area contributed by atoms with Gasteiger partial charge in [-0.2, -0.15) is 0 Å². The highest BCUT2D eigenvalue weighted by molar-refractivity contribution is 7.89. The molecule has 50 heavy (non-hydrogen) atoms. The first-order valence-electron chi connectivity index (χ1n) is 16.9. The molecular weight excluding hydrogens is 651 g/mol. The number of aromatic nitrogens is 1. The molecule has 0 saturated carbocycles. The Bertz CT molecular complexity index is 2190. The number of sulfonamides is 1. The Kier molecular flexibility index (Phi) is 9.30. The molecule has 0 radical (unpaired) electrons. The summed E-state index contributed by atoms with van der Waals surface area (Å²) in [4.78, 5) is 20.1. The largest absolute Gasteiger partial charge is 0.497 e. The molecule has 2 aliphatic heterocycles. The van der Waals surface area contributed by atoms with E-state index in [1.807, 2.05) is 75.6 Å². The molecule has 1 fully saturated rings. The van der Waals surface area contributed by atoms with Crippen LogP contribution in [0.2, 0.25) is 0 Å². The Morgan fingerprint density at radius 2 is 1.62 bits per heavy atom. The van der Waals surface area contributed by atoms with E-state index in [4.69, 9.17) is 9.47 Å². The summed E-state index contributed by atoms with van der Waals surface area (Å²) in [7, 11) is 1.60. The summed E-state index contributed by atoms with van der Waals surface area (Å²) < 4.78 is 43.3. The Balaban J connectivity index is 1.23. The maximum Gasteiger partial charge on any atom is 0.253 e. The van der Waals surface area contributed by atoms with Crippen molar-refractivity contribution < 1.29 is 17.9 Å². The third kappa shape index (κ3) is 6.68. The Morgan fingerprint density at radius 1 is 0.840 bits per heavy atom. The van der Waals surface area contributed by atoms with Crippen LogP contribution in [0.4, 0.5) is 22.7 Å². The summed E-state index contributed by atoms with van der Waals surface area (Å²) in [6.07, 6.45) is 0.980. The molecule has 1 saturated heterocycles. The van der Waals surface area contributed by atoms with Crippen molar-refractivity contribution in [3.8, 4) is 5.75 Å². The van der Waals surface area contributed by atoms with Crippen molar-refractivity contribution in [2.24, 2.45) is 7.05 Å². The molecule has 0 aliphatic carbocycles. The number of hydrogen-bond acceptors (Lipinski definition) is 8. The molecule has 10 nitrogen and oxygen atoms in total. The second kappa shape index (κ2) is 13.8. The summed E-state index contributed by atoms with van der Waals surface area (Å²) in [5.41, 5.74) is 7.07. The molecule has 1 aromatic heterocycles. The van der Waals surface area contributed by atoms with Gasteiger partial charge in [0.25, 0.3) is 5.56 Å². The fraction of sp³-hybridized carbons (Fsp3) is 0.308. The van der Waals surface area contributed by atoms with Crippen molar-refractivity contribution in [3.05, 3.63) is 118 Å². The molecule has 0 spiro atoms. The highest BCUT2D eigenvalue weighted by Gasteiger charge is 2.29. The molecule has 4 aromatic carbocycles. The zero-order valence-electron chi connectivity index (χ0n) is 28.9. The van der Waals surface area contributed by atoms with E-state index in [1.54, 1.807) is 23.8 Å². The molecule has 3 heterocycles. The SMILES string of the molecule is COc1ccc(CNS(=O)(=O)c2ccc3c(c2)N(c2cc(N4CC[C@@H](OCc5ccccc5)C4)cc4c2cc(C)c(=O)n4C)CCN3C)cc1. The number of nitrogens with zero attached hydrogens (tertiary/aromatic N) is 4. The van der Waals surface area contributed by atoms with Gasteiger partial charge in [0, 0.05) is 63.5 Å². The van der Waals surface area contributed by atoms with Crippen LogP contribution in [-0.4, -0.2) is 59.4 Å². The average molecular weight is 694 g/mol. The van der Waals surface area contributed by atoms with Gasteiger partial charge in [-0.1, -0.05) is 42.5 Å². The van der Waals surface area contributed by atoms with Gasteiger partial charge in [0.2, 0.25) is 10.0 Å². The number of pyridine rings is 1. The summed E-state index contributed by atoms with van der Waals surface area (Å²) >= 11 is 0. The van der Waals surface area contributed by atoms with Gasteiger partial charge in [0.15, 0.2) is 0 Å². The highest BCUT2D eigenvalue weighted by atomic mass is 32.2. The first-order valence-corrected chi connectivity index (χ1v) is 18.4. The lowest BCUT2D eigenvalue weighted by Gasteiger charge is -2.38. The third-order valence-electron chi connectivity index (χ3n) is 9.86. The van der Waals surface area contributed by atoms with Gasteiger partial charge in [-0.05, 0) is 73.0 Å². The third-order valence-corrected chi connectivity index (χ3v) is 11.3. The molecule has 0 amide bonds. The topological polar surface area (TPSA) is 96.4 Å². The van der Waals surface area contributed by atoms with Crippen LogP contribution in [-0.2, 0) is 35.0 Å². The number of rotatable bonds is 10. The number of methoxy groups -OCH3 is 1. The zero-order chi connectivity index (χ0) is 35.0. The van der Waals surface area contributed by atoms with Crippen LogP contribution in [0.3, 0.4) is 0 Å². The minimum atomic E-state index is -3.84. The number of ether oxygens (including phenoxy) is 2. The zero-order valence-corrected chi connectivity index (χ0v) is 29.7. The van der Waals surface area contributed by atoms with Crippen molar-refractivity contribution in [2.75, 3.05) is 55.0 Å². The van der Waals surface area contributed by atoms with Gasteiger partial charge in [-0.15, -0.1) is 0 Å². The van der Waals surface area contributed by atoms with Crippen molar-refractivity contribution in [2.45, 2.75) is 37.5 Å². The predicted molar refractivity (Wildman–Crippen MR) is 200 cm³/mol. The summed E-state index contributed by atoms with van der Waals surface area (Å²) in [6.45, 7) is 5.49. The van der Waals surface area contributed by atoms with E-state index in [9.17, 15) is 13.2 Å². The van der Waals surface area contributed by atoms with E-state index in [0.29, 0.717) is 24.5 Å². The van der Waals surface area contributed by atoms with Crippen LogP contribution < -0.4 is 29.7 Å². The van der Waals surface area contributed by atoms with E-state index in [-0.39, 0.29) is 23.1 Å². The van der Waals surface area contributed by atoms with Crippen LogP contribution >= 0.6 is 0 Å². The van der Waals surface area contributed by atoms with E-state index >= 15 is 0 Å². The number of nitrogens with one attached hydrogen (secondary N) is 1. The first-order chi connectivity index (χ1) is 24.1. The van der Waals surface area contributed by atoms with E-state index in [0.717, 1.165) is 70.8 Å². The van der Waals surface area contributed by atoms with E-state index < -0.39 is 10.0 Å². The minimum absolute atomic E-state index is 0.0406. The second-order valence-electron chi connectivity index (χ2n) is 13.1. The Labute approximate surface area is 293 Å². The number of aryl methyl sites for hydroxylation is 2. The molecule has 5 aromatic rings. The maximum absolute atomic E-state index is 13.7.